The zero-order valence-corrected chi connectivity index (χ0v) is 11.2. The summed E-state index contributed by atoms with van der Waals surface area (Å²) in [6.07, 6.45) is 1.93. The van der Waals surface area contributed by atoms with Crippen molar-refractivity contribution in [3.63, 3.8) is 0 Å². The van der Waals surface area contributed by atoms with Crippen LogP contribution in [0.3, 0.4) is 0 Å². The van der Waals surface area contributed by atoms with Crippen LogP contribution >= 0.6 is 11.8 Å². The van der Waals surface area contributed by atoms with Crippen LogP contribution in [-0.4, -0.2) is 33.4 Å². The molecule has 2 rings (SSSR count). The average molecular weight is 266 g/mol. The van der Waals surface area contributed by atoms with Gasteiger partial charge in [-0.15, -0.1) is 0 Å². The monoisotopic (exact) mass is 266 g/mol. The lowest BCUT2D eigenvalue weighted by molar-refractivity contribution is 0.379. The maximum atomic E-state index is 5.01. The highest BCUT2D eigenvalue weighted by atomic mass is 32.2. The first-order valence-corrected chi connectivity index (χ1v) is 6.57. The molecule has 0 unspecified atom stereocenters. The number of hydrogen-bond donors (Lipinski definition) is 2. The molecule has 0 aromatic carbocycles. The van der Waals surface area contributed by atoms with Gasteiger partial charge in [-0.3, -0.25) is 0 Å². The maximum Gasteiger partial charge on any atom is 0.245 e. The maximum absolute atomic E-state index is 5.01. The Morgan fingerprint density at radius 2 is 2.06 bits per heavy atom. The van der Waals surface area contributed by atoms with Gasteiger partial charge in [0.15, 0.2) is 11.0 Å². The van der Waals surface area contributed by atoms with E-state index in [4.69, 9.17) is 4.52 Å². The van der Waals surface area contributed by atoms with Crippen molar-refractivity contribution in [2.75, 3.05) is 23.9 Å². The van der Waals surface area contributed by atoms with Gasteiger partial charge in [0.1, 0.15) is 11.6 Å². The molecule has 0 fully saturated rings. The molecule has 2 aromatic rings. The fourth-order valence-electron chi connectivity index (χ4n) is 1.31. The van der Waals surface area contributed by atoms with Crippen LogP contribution in [-0.2, 0) is 6.54 Å². The van der Waals surface area contributed by atoms with Crippen molar-refractivity contribution in [3.8, 4) is 0 Å². The number of aromatic nitrogens is 4. The van der Waals surface area contributed by atoms with Crippen molar-refractivity contribution in [2.45, 2.75) is 18.6 Å². The summed E-state index contributed by atoms with van der Waals surface area (Å²) in [6.45, 7) is 2.22. The smallest absolute Gasteiger partial charge is 0.245 e. The summed E-state index contributed by atoms with van der Waals surface area (Å²) >= 11 is 1.48. The Balaban J connectivity index is 2.08. The summed E-state index contributed by atoms with van der Waals surface area (Å²) in [4.78, 5) is 12.7. The third-order valence-corrected chi connectivity index (χ3v) is 2.68. The van der Waals surface area contributed by atoms with E-state index in [0.29, 0.717) is 23.4 Å². The van der Waals surface area contributed by atoms with Crippen LogP contribution in [0.4, 0.5) is 11.6 Å². The van der Waals surface area contributed by atoms with Crippen molar-refractivity contribution >= 4 is 23.4 Å². The average Bonchev–Trinajstić information content (AvgIpc) is 2.81. The van der Waals surface area contributed by atoms with Crippen molar-refractivity contribution in [3.05, 3.63) is 17.8 Å². The largest absolute Gasteiger partial charge is 0.373 e. The quantitative estimate of drug-likeness (QED) is 0.622. The summed E-state index contributed by atoms with van der Waals surface area (Å²) in [7, 11) is 1.82. The van der Waals surface area contributed by atoms with E-state index in [1.54, 1.807) is 6.92 Å². The molecule has 0 amide bonds. The molecule has 0 spiro atoms. The first kappa shape index (κ1) is 12.6. The van der Waals surface area contributed by atoms with Crippen LogP contribution in [0.1, 0.15) is 11.7 Å². The molecular formula is C10H14N6OS. The molecule has 0 bridgehead atoms. The van der Waals surface area contributed by atoms with Gasteiger partial charge in [-0.05, 0) is 13.2 Å². The third-order valence-electron chi connectivity index (χ3n) is 2.13. The Labute approximate surface area is 109 Å². The molecule has 18 heavy (non-hydrogen) atoms. The summed E-state index contributed by atoms with van der Waals surface area (Å²) in [5, 5.41) is 10.5. The first-order valence-electron chi connectivity index (χ1n) is 5.35. The number of nitrogens with zero attached hydrogens (tertiary/aromatic N) is 4. The van der Waals surface area contributed by atoms with E-state index in [-0.39, 0.29) is 0 Å². The van der Waals surface area contributed by atoms with Crippen LogP contribution in [0.5, 0.6) is 0 Å². The number of hydrogen-bond acceptors (Lipinski definition) is 8. The molecular weight excluding hydrogens is 252 g/mol. The van der Waals surface area contributed by atoms with E-state index in [1.807, 2.05) is 19.4 Å². The predicted molar refractivity (Wildman–Crippen MR) is 69.7 cm³/mol. The zero-order valence-electron chi connectivity index (χ0n) is 10.4. The Hall–Kier alpha value is -1.83. The van der Waals surface area contributed by atoms with Gasteiger partial charge in [-0.1, -0.05) is 16.9 Å². The number of rotatable bonds is 5. The lowest BCUT2D eigenvalue weighted by atomic mass is 10.5. The predicted octanol–water partition coefficient (Wildman–Crippen LogP) is 1.54. The Kier molecular flexibility index (Phi) is 3.98. The molecule has 0 saturated heterocycles. The normalized spacial score (nSPS) is 10.4. The molecule has 2 heterocycles. The Bertz CT molecular complexity index is 507. The molecule has 0 atom stereocenters. The number of anilines is 2. The van der Waals surface area contributed by atoms with Gasteiger partial charge < -0.3 is 15.2 Å². The first-order chi connectivity index (χ1) is 8.71. The van der Waals surface area contributed by atoms with Crippen LogP contribution in [0.25, 0.3) is 0 Å². The molecule has 0 aliphatic rings. The third kappa shape index (κ3) is 3.10. The minimum atomic E-state index is 0.439. The summed E-state index contributed by atoms with van der Waals surface area (Å²) in [6, 6.07) is 1.82. The fraction of sp³-hybridized carbons (Fsp3) is 0.400. The number of nitrogens with one attached hydrogen (secondary N) is 2. The van der Waals surface area contributed by atoms with E-state index in [9.17, 15) is 0 Å². The van der Waals surface area contributed by atoms with Gasteiger partial charge in [-0.2, -0.15) is 4.98 Å². The van der Waals surface area contributed by atoms with E-state index in [2.05, 4.69) is 30.7 Å². The van der Waals surface area contributed by atoms with E-state index in [1.165, 1.54) is 11.8 Å². The topological polar surface area (TPSA) is 88.8 Å². The molecule has 0 aliphatic heterocycles. The van der Waals surface area contributed by atoms with E-state index in [0.717, 1.165) is 11.6 Å². The van der Waals surface area contributed by atoms with Gasteiger partial charge in [0.05, 0.1) is 6.54 Å². The van der Waals surface area contributed by atoms with Gasteiger partial charge in [0.2, 0.25) is 5.89 Å². The lowest BCUT2D eigenvalue weighted by Gasteiger charge is -2.06. The second-order valence-electron chi connectivity index (χ2n) is 3.46. The molecule has 0 aliphatic carbocycles. The van der Waals surface area contributed by atoms with Gasteiger partial charge in [0, 0.05) is 13.1 Å². The van der Waals surface area contributed by atoms with Crippen molar-refractivity contribution < 1.29 is 4.52 Å². The number of thioether (sulfide) groups is 1. The second-order valence-corrected chi connectivity index (χ2v) is 4.24. The SMILES string of the molecule is CNc1cc(NCc2nc(C)no2)nc(SC)n1. The van der Waals surface area contributed by atoms with Gasteiger partial charge in [-0.25, -0.2) is 9.97 Å². The highest BCUT2D eigenvalue weighted by molar-refractivity contribution is 7.98. The zero-order chi connectivity index (χ0) is 13.0. The summed E-state index contributed by atoms with van der Waals surface area (Å²) < 4.78 is 5.01. The van der Waals surface area contributed by atoms with Crippen LogP contribution in [0.2, 0.25) is 0 Å². The molecule has 8 heteroatoms. The van der Waals surface area contributed by atoms with E-state index >= 15 is 0 Å². The van der Waals surface area contributed by atoms with Gasteiger partial charge in [0.25, 0.3) is 0 Å². The van der Waals surface area contributed by atoms with E-state index < -0.39 is 0 Å². The molecule has 0 radical (unpaired) electrons. The van der Waals surface area contributed by atoms with Crippen molar-refractivity contribution in [2.24, 2.45) is 0 Å². The molecule has 7 nitrogen and oxygen atoms in total. The van der Waals surface area contributed by atoms with Crippen molar-refractivity contribution in [1.29, 1.82) is 0 Å². The van der Waals surface area contributed by atoms with Crippen LogP contribution in [0.15, 0.2) is 15.7 Å². The minimum absolute atomic E-state index is 0.439. The molecule has 2 N–H and O–H groups in total. The summed E-state index contributed by atoms with van der Waals surface area (Å²) in [5.41, 5.74) is 0. The summed E-state index contributed by atoms with van der Waals surface area (Å²) in [5.74, 6) is 2.63. The van der Waals surface area contributed by atoms with Crippen molar-refractivity contribution in [1.82, 2.24) is 20.1 Å². The second kappa shape index (κ2) is 5.67. The highest BCUT2D eigenvalue weighted by Crippen LogP contribution is 2.17. The highest BCUT2D eigenvalue weighted by Gasteiger charge is 2.05. The number of aryl methyl sites for hydroxylation is 1. The fourth-order valence-corrected chi connectivity index (χ4v) is 1.69. The van der Waals surface area contributed by atoms with Crippen LogP contribution < -0.4 is 10.6 Å². The minimum Gasteiger partial charge on any atom is -0.373 e. The van der Waals surface area contributed by atoms with Crippen LogP contribution in [0, 0.1) is 6.92 Å². The molecule has 0 saturated carbocycles. The molecule has 2 aromatic heterocycles. The standard InChI is InChI=1S/C10H14N6OS/c1-6-13-9(17-16-6)5-12-8-4-7(11-2)14-10(15-8)18-3/h4H,5H2,1-3H3,(H2,11,12,14,15). The lowest BCUT2D eigenvalue weighted by Crippen LogP contribution is -2.05. The Morgan fingerprint density at radius 1 is 1.28 bits per heavy atom. The molecule has 96 valence electrons. The Morgan fingerprint density at radius 3 is 2.67 bits per heavy atom. The van der Waals surface area contributed by atoms with Gasteiger partial charge >= 0.3 is 0 Å².